The van der Waals surface area contributed by atoms with Crippen LogP contribution in [0.25, 0.3) is 11.0 Å². The summed E-state index contributed by atoms with van der Waals surface area (Å²) in [5, 5.41) is 0. The Kier molecular flexibility index (Phi) is 8.26. The minimum Gasteiger partial charge on any atom is -0.748 e. The summed E-state index contributed by atoms with van der Waals surface area (Å²) in [6.07, 6.45) is -4.40. The molecular formula is C13H16ClF3N2NaO3S. The number of fused-ring (bicyclic) bond motifs is 1. The third-order valence-electron chi connectivity index (χ3n) is 3.61. The second-order valence-corrected chi connectivity index (χ2v) is 6.60. The Labute approximate surface area is 166 Å². The molecule has 0 saturated carbocycles. The largest absolute Gasteiger partial charge is 0.748 e. The van der Waals surface area contributed by atoms with Crippen molar-refractivity contribution < 1.29 is 30.7 Å². The quantitative estimate of drug-likeness (QED) is 0.450. The van der Waals surface area contributed by atoms with Crippen LogP contribution >= 0.6 is 12.4 Å². The summed E-state index contributed by atoms with van der Waals surface area (Å²) < 4.78 is 73.7. The van der Waals surface area contributed by atoms with E-state index in [9.17, 15) is 26.1 Å². The van der Waals surface area contributed by atoms with Crippen LogP contribution in [-0.2, 0) is 29.9 Å². The van der Waals surface area contributed by atoms with E-state index in [0.29, 0.717) is 16.9 Å². The number of halogens is 4. The van der Waals surface area contributed by atoms with Gasteiger partial charge in [0.15, 0.2) is 11.0 Å². The first kappa shape index (κ1) is 23.7. The Balaban J connectivity index is 0.00000264. The van der Waals surface area contributed by atoms with E-state index in [1.165, 1.54) is 6.07 Å². The van der Waals surface area contributed by atoms with Crippen molar-refractivity contribution in [2.75, 3.05) is 5.75 Å². The summed E-state index contributed by atoms with van der Waals surface area (Å²) >= 11 is 0. The molecule has 0 unspecified atom stereocenters. The Bertz CT molecular complexity index is 822. The molecule has 0 N–H and O–H groups in total. The molecule has 0 aliphatic rings. The number of rotatable bonds is 4. The molecule has 0 aliphatic heterocycles. The van der Waals surface area contributed by atoms with Crippen LogP contribution < -0.4 is 4.57 Å². The van der Waals surface area contributed by atoms with Crippen molar-refractivity contribution in [2.45, 2.75) is 26.1 Å². The molecule has 24 heavy (non-hydrogen) atoms. The van der Waals surface area contributed by atoms with Crippen LogP contribution in [0.1, 0.15) is 17.8 Å². The number of imidazole rings is 1. The molecule has 131 valence electrons. The van der Waals surface area contributed by atoms with Gasteiger partial charge in [0, 0.05) is 48.3 Å². The van der Waals surface area contributed by atoms with Crippen LogP contribution in [0.4, 0.5) is 13.2 Å². The van der Waals surface area contributed by atoms with E-state index in [4.69, 9.17) is 0 Å². The van der Waals surface area contributed by atoms with Gasteiger partial charge in [0.25, 0.3) is 5.82 Å². The van der Waals surface area contributed by atoms with E-state index in [1.807, 2.05) is 0 Å². The van der Waals surface area contributed by atoms with Crippen molar-refractivity contribution in [3.8, 4) is 0 Å². The number of aromatic nitrogens is 2. The zero-order chi connectivity index (χ0) is 16.7. The molecule has 0 fully saturated rings. The van der Waals surface area contributed by atoms with Gasteiger partial charge in [-0.2, -0.15) is 13.2 Å². The molecule has 2 aromatic rings. The normalized spacial score (nSPS) is 11.9. The van der Waals surface area contributed by atoms with Crippen LogP contribution in [0.2, 0.25) is 0 Å². The molecule has 1 aromatic carbocycles. The average Bonchev–Trinajstić information content (AvgIpc) is 2.61. The van der Waals surface area contributed by atoms with Gasteiger partial charge in [-0.25, -0.2) is 17.6 Å². The molecule has 0 saturated heterocycles. The van der Waals surface area contributed by atoms with E-state index >= 15 is 0 Å². The fraction of sp³-hybridized carbons (Fsp3) is 0.462. The summed E-state index contributed by atoms with van der Waals surface area (Å²) in [6.45, 7) is 1.88. The Morgan fingerprint density at radius 3 is 2.38 bits per heavy atom. The van der Waals surface area contributed by atoms with E-state index in [0.717, 1.165) is 12.1 Å². The molecule has 1 heterocycles. The number of alkyl halides is 3. The monoisotopic (exact) mass is 395 g/mol. The molecule has 0 amide bonds. The van der Waals surface area contributed by atoms with Crippen LogP contribution in [0, 0.1) is 6.92 Å². The fourth-order valence-electron chi connectivity index (χ4n) is 2.41. The predicted molar refractivity (Wildman–Crippen MR) is 85.0 cm³/mol. The first-order valence-electron chi connectivity index (χ1n) is 6.50. The van der Waals surface area contributed by atoms with Gasteiger partial charge in [-0.1, -0.05) is 0 Å². The molecule has 0 spiro atoms. The first-order chi connectivity index (χ1) is 10.0. The van der Waals surface area contributed by atoms with Crippen molar-refractivity contribution in [1.82, 2.24) is 4.57 Å². The number of hydrogen-bond donors (Lipinski definition) is 0. The van der Waals surface area contributed by atoms with E-state index < -0.39 is 27.6 Å². The molecule has 1 radical (unpaired) electrons. The molecule has 11 heteroatoms. The maximum Gasteiger partial charge on any atom is 0.416 e. The van der Waals surface area contributed by atoms with Crippen LogP contribution in [0.15, 0.2) is 18.2 Å². The van der Waals surface area contributed by atoms with Crippen molar-refractivity contribution in [3.05, 3.63) is 29.6 Å². The minimum atomic E-state index is -4.45. The second kappa shape index (κ2) is 8.37. The number of hydrogen-bond acceptors (Lipinski definition) is 3. The fourth-order valence-corrected chi connectivity index (χ4v) is 2.89. The zero-order valence-electron chi connectivity index (χ0n) is 13.4. The number of aryl methyl sites for hydroxylation is 2. The van der Waals surface area contributed by atoms with E-state index in [1.54, 1.807) is 23.1 Å². The molecular weight excluding hydrogens is 380 g/mol. The Morgan fingerprint density at radius 1 is 1.29 bits per heavy atom. The second-order valence-electron chi connectivity index (χ2n) is 5.07. The minimum absolute atomic E-state index is 0. The van der Waals surface area contributed by atoms with Gasteiger partial charge in [0.05, 0.1) is 29.3 Å². The summed E-state index contributed by atoms with van der Waals surface area (Å²) in [5.41, 5.74) is 0.199. The van der Waals surface area contributed by atoms with Crippen LogP contribution in [0.5, 0.6) is 0 Å². The van der Waals surface area contributed by atoms with E-state index in [2.05, 4.69) is 0 Å². The van der Waals surface area contributed by atoms with Crippen molar-refractivity contribution in [1.29, 1.82) is 0 Å². The van der Waals surface area contributed by atoms with Crippen LogP contribution in [0.3, 0.4) is 0 Å². The third kappa shape index (κ3) is 5.34. The number of nitrogens with zero attached hydrogens (tertiary/aromatic N) is 2. The van der Waals surface area contributed by atoms with Crippen molar-refractivity contribution >= 4 is 63.1 Å². The van der Waals surface area contributed by atoms with Gasteiger partial charge < -0.3 is 4.55 Å². The topological polar surface area (TPSA) is 66.0 Å². The van der Waals surface area contributed by atoms with Gasteiger partial charge in [-0.3, -0.25) is 0 Å². The maximum absolute atomic E-state index is 12.8. The van der Waals surface area contributed by atoms with Gasteiger partial charge in [-0.15, -0.1) is 12.4 Å². The molecule has 0 bridgehead atoms. The van der Waals surface area contributed by atoms with Gasteiger partial charge >= 0.3 is 6.18 Å². The smallest absolute Gasteiger partial charge is 0.416 e. The van der Waals surface area contributed by atoms with E-state index in [-0.39, 0.29) is 54.9 Å². The molecule has 5 nitrogen and oxygen atoms in total. The average molecular weight is 396 g/mol. The van der Waals surface area contributed by atoms with Gasteiger partial charge in [0.2, 0.25) is 0 Å². The number of benzene rings is 1. The third-order valence-corrected chi connectivity index (χ3v) is 4.40. The predicted octanol–water partition coefficient (Wildman–Crippen LogP) is 1.77. The molecule has 2 rings (SSSR count). The molecule has 1 aromatic heterocycles. The SMILES string of the molecule is Cc1n(CCCS(=O)(=O)[O-])c2cc(C(F)(F)F)ccc2[n+]1C.Cl.[Na]. The standard InChI is InChI=1S/C13H15F3N2O3S.ClH.Na/c1-9-17(2)11-5-4-10(13(14,15)16)8-12(11)18(9)6-3-7-22(19,20)21;;/h4-5,8H,3,6-7H2,1-2H3;1H;. The van der Waals surface area contributed by atoms with Crippen molar-refractivity contribution in [3.63, 3.8) is 0 Å². The Morgan fingerprint density at radius 2 is 1.88 bits per heavy atom. The van der Waals surface area contributed by atoms with Crippen molar-refractivity contribution in [2.24, 2.45) is 7.05 Å². The summed E-state index contributed by atoms with van der Waals surface area (Å²) in [5.74, 6) is 0.132. The molecule has 0 aliphatic carbocycles. The molecule has 0 atom stereocenters. The summed E-state index contributed by atoms with van der Waals surface area (Å²) in [4.78, 5) is 0. The first-order valence-corrected chi connectivity index (χ1v) is 8.08. The van der Waals surface area contributed by atoms with Crippen LogP contribution in [-0.4, -0.2) is 52.8 Å². The van der Waals surface area contributed by atoms with Gasteiger partial charge in [0.1, 0.15) is 0 Å². The van der Waals surface area contributed by atoms with Gasteiger partial charge in [-0.05, 0) is 18.6 Å². The maximum atomic E-state index is 12.8. The Hall–Kier alpha value is -0.320. The summed E-state index contributed by atoms with van der Waals surface area (Å²) in [7, 11) is -2.62. The summed E-state index contributed by atoms with van der Waals surface area (Å²) in [6, 6.07) is 3.42. The zero-order valence-corrected chi connectivity index (χ0v) is 17.1.